The predicted octanol–water partition coefficient (Wildman–Crippen LogP) is 3.49. The van der Waals surface area contributed by atoms with Crippen LogP contribution in [0.5, 0.6) is 0 Å². The summed E-state index contributed by atoms with van der Waals surface area (Å²) >= 11 is 0. The predicted molar refractivity (Wildman–Crippen MR) is 67.1 cm³/mol. The number of nitro benzene ring substituents is 1. The Labute approximate surface area is 108 Å². The third-order valence-electron chi connectivity index (χ3n) is 2.45. The van der Waals surface area contributed by atoms with Gasteiger partial charge in [-0.05, 0) is 24.9 Å². The summed E-state index contributed by atoms with van der Waals surface area (Å²) in [5.41, 5.74) is 8.02. The second-order valence-electron chi connectivity index (χ2n) is 3.77. The number of ether oxygens (including phenoxy) is 1. The molecular weight excluding hydrogens is 252 g/mol. The Kier molecular flexibility index (Phi) is 4.84. The van der Waals surface area contributed by atoms with Crippen LogP contribution in [-0.2, 0) is 4.74 Å². The highest BCUT2D eigenvalue weighted by atomic mass is 16.6. The molecule has 0 spiro atoms. The molecule has 8 nitrogen and oxygen atoms in total. The van der Waals surface area contributed by atoms with Crippen LogP contribution in [0.1, 0.15) is 30.6 Å². The smallest absolute Gasteiger partial charge is 0.339 e. The summed E-state index contributed by atoms with van der Waals surface area (Å²) < 4.78 is 5.06. The first-order valence-electron chi connectivity index (χ1n) is 5.54. The van der Waals surface area contributed by atoms with Gasteiger partial charge in [-0.2, -0.15) is 0 Å². The van der Waals surface area contributed by atoms with Crippen molar-refractivity contribution in [3.05, 3.63) is 44.3 Å². The molecule has 0 N–H and O–H groups in total. The molecule has 1 aromatic carbocycles. The summed E-state index contributed by atoms with van der Waals surface area (Å²) in [5.74, 6) is -0.750. The summed E-state index contributed by atoms with van der Waals surface area (Å²) in [6, 6.07) is 3.41. The second kappa shape index (κ2) is 6.36. The molecule has 0 aliphatic rings. The highest BCUT2D eigenvalue weighted by molar-refractivity contribution is 5.95. The largest absolute Gasteiger partial charge is 0.459 e. The number of carbonyl (C=O) groups is 1. The molecule has 0 fully saturated rings. The molecule has 0 bridgehead atoms. The molecule has 1 rings (SSSR count). The zero-order chi connectivity index (χ0) is 14.4. The average molecular weight is 264 g/mol. The van der Waals surface area contributed by atoms with Gasteiger partial charge in [0.25, 0.3) is 5.69 Å². The fourth-order valence-corrected chi connectivity index (χ4v) is 1.27. The van der Waals surface area contributed by atoms with Crippen molar-refractivity contribution in [2.45, 2.75) is 26.4 Å². The van der Waals surface area contributed by atoms with Gasteiger partial charge in [-0.1, -0.05) is 12.0 Å². The van der Waals surface area contributed by atoms with Crippen LogP contribution in [0, 0.1) is 10.1 Å². The van der Waals surface area contributed by atoms with Crippen LogP contribution in [0.25, 0.3) is 10.4 Å². The van der Waals surface area contributed by atoms with Crippen LogP contribution in [-0.4, -0.2) is 17.0 Å². The van der Waals surface area contributed by atoms with Crippen molar-refractivity contribution in [2.24, 2.45) is 5.11 Å². The van der Waals surface area contributed by atoms with E-state index in [9.17, 15) is 14.9 Å². The van der Waals surface area contributed by atoms with Gasteiger partial charge < -0.3 is 4.74 Å². The van der Waals surface area contributed by atoms with Crippen molar-refractivity contribution in [3.63, 3.8) is 0 Å². The number of rotatable bonds is 5. The number of carbonyl (C=O) groups excluding carboxylic acids is 1. The fraction of sp³-hybridized carbons (Fsp3) is 0.364. The maximum atomic E-state index is 11.9. The highest BCUT2D eigenvalue weighted by Gasteiger charge is 2.18. The van der Waals surface area contributed by atoms with E-state index >= 15 is 0 Å². The van der Waals surface area contributed by atoms with Gasteiger partial charge >= 0.3 is 5.97 Å². The van der Waals surface area contributed by atoms with E-state index in [0.717, 1.165) is 12.1 Å². The van der Waals surface area contributed by atoms with Crippen molar-refractivity contribution in [3.8, 4) is 0 Å². The van der Waals surface area contributed by atoms with Gasteiger partial charge in [-0.3, -0.25) is 10.1 Å². The Bertz CT molecular complexity index is 552. The first-order chi connectivity index (χ1) is 8.99. The van der Waals surface area contributed by atoms with E-state index in [1.807, 2.05) is 6.92 Å². The van der Waals surface area contributed by atoms with E-state index in [1.54, 1.807) is 6.92 Å². The Morgan fingerprint density at radius 1 is 1.63 bits per heavy atom. The average Bonchev–Trinajstić information content (AvgIpc) is 2.38. The van der Waals surface area contributed by atoms with Gasteiger partial charge in [-0.15, -0.1) is 0 Å². The molecule has 0 aromatic heterocycles. The van der Waals surface area contributed by atoms with Gasteiger partial charge in [-0.25, -0.2) is 4.79 Å². The fourth-order valence-electron chi connectivity index (χ4n) is 1.27. The minimum absolute atomic E-state index is 0.00130. The zero-order valence-corrected chi connectivity index (χ0v) is 10.4. The van der Waals surface area contributed by atoms with E-state index in [-0.39, 0.29) is 23.0 Å². The third-order valence-corrected chi connectivity index (χ3v) is 2.45. The molecule has 0 heterocycles. The van der Waals surface area contributed by atoms with Gasteiger partial charge in [0.15, 0.2) is 0 Å². The van der Waals surface area contributed by atoms with Crippen LogP contribution in [0.2, 0.25) is 0 Å². The summed E-state index contributed by atoms with van der Waals surface area (Å²) in [5, 5.41) is 14.0. The molecule has 100 valence electrons. The minimum Gasteiger partial charge on any atom is -0.459 e. The van der Waals surface area contributed by atoms with E-state index in [0.29, 0.717) is 6.42 Å². The summed E-state index contributed by atoms with van der Waals surface area (Å²) in [7, 11) is 0. The number of nitrogens with zero attached hydrogens (tertiary/aromatic N) is 4. The van der Waals surface area contributed by atoms with E-state index < -0.39 is 10.9 Å². The molecule has 1 atom stereocenters. The lowest BCUT2D eigenvalue weighted by molar-refractivity contribution is -0.384. The summed E-state index contributed by atoms with van der Waals surface area (Å²) in [4.78, 5) is 24.5. The number of azide groups is 1. The van der Waals surface area contributed by atoms with Gasteiger partial charge in [0, 0.05) is 17.0 Å². The van der Waals surface area contributed by atoms with Crippen LogP contribution >= 0.6 is 0 Å². The standard InChI is InChI=1S/C11H12N4O4/c1-3-7(2)19-11(16)9-6-8(15(17)18)4-5-10(9)13-14-12/h4-7H,3H2,1-2H3. The number of hydrogen-bond acceptors (Lipinski definition) is 5. The number of esters is 1. The summed E-state index contributed by atoms with van der Waals surface area (Å²) in [6.45, 7) is 3.53. The van der Waals surface area contributed by atoms with Crippen molar-refractivity contribution in [1.29, 1.82) is 0 Å². The molecule has 0 aliphatic heterocycles. The Balaban J connectivity index is 3.20. The van der Waals surface area contributed by atoms with Crippen molar-refractivity contribution in [2.75, 3.05) is 0 Å². The number of nitro groups is 1. The SMILES string of the molecule is CCC(C)OC(=O)c1cc([N+](=O)[O-])ccc1N=[N+]=[N-]. The Hall–Kier alpha value is -2.60. The monoisotopic (exact) mass is 264 g/mol. The van der Waals surface area contributed by atoms with E-state index in [4.69, 9.17) is 10.3 Å². The lowest BCUT2D eigenvalue weighted by atomic mass is 10.1. The molecule has 1 unspecified atom stereocenters. The van der Waals surface area contributed by atoms with Crippen LogP contribution in [0.4, 0.5) is 11.4 Å². The molecule has 0 saturated heterocycles. The van der Waals surface area contributed by atoms with Gasteiger partial charge in [0.2, 0.25) is 0 Å². The minimum atomic E-state index is -0.750. The Morgan fingerprint density at radius 3 is 2.84 bits per heavy atom. The molecule has 1 aromatic rings. The molecule has 19 heavy (non-hydrogen) atoms. The van der Waals surface area contributed by atoms with Crippen molar-refractivity contribution in [1.82, 2.24) is 0 Å². The Morgan fingerprint density at radius 2 is 2.32 bits per heavy atom. The lowest BCUT2D eigenvalue weighted by Crippen LogP contribution is -2.14. The first kappa shape index (κ1) is 14.5. The molecule has 8 heteroatoms. The zero-order valence-electron chi connectivity index (χ0n) is 10.4. The van der Waals surface area contributed by atoms with Crippen molar-refractivity contribution < 1.29 is 14.5 Å². The maximum absolute atomic E-state index is 11.9. The van der Waals surface area contributed by atoms with Crippen LogP contribution in [0.3, 0.4) is 0 Å². The quantitative estimate of drug-likeness (QED) is 0.202. The van der Waals surface area contributed by atoms with Crippen molar-refractivity contribution >= 4 is 17.3 Å². The number of benzene rings is 1. The normalized spacial score (nSPS) is 11.3. The van der Waals surface area contributed by atoms with Crippen LogP contribution in [0.15, 0.2) is 23.3 Å². The van der Waals surface area contributed by atoms with E-state index in [2.05, 4.69) is 10.0 Å². The number of non-ortho nitro benzene ring substituents is 1. The number of hydrogen-bond donors (Lipinski definition) is 0. The van der Waals surface area contributed by atoms with E-state index in [1.165, 1.54) is 6.07 Å². The maximum Gasteiger partial charge on any atom is 0.339 e. The summed E-state index contributed by atoms with van der Waals surface area (Å²) in [6.07, 6.45) is 0.281. The molecular formula is C11H12N4O4. The second-order valence-corrected chi connectivity index (χ2v) is 3.77. The van der Waals surface area contributed by atoms with Gasteiger partial charge in [0.05, 0.1) is 22.3 Å². The molecule has 0 saturated carbocycles. The highest BCUT2D eigenvalue weighted by Crippen LogP contribution is 2.26. The molecule has 0 amide bonds. The van der Waals surface area contributed by atoms with Crippen LogP contribution < -0.4 is 0 Å². The molecule has 0 aliphatic carbocycles. The first-order valence-corrected chi connectivity index (χ1v) is 5.54. The van der Waals surface area contributed by atoms with Gasteiger partial charge in [0.1, 0.15) is 0 Å². The molecule has 0 radical (unpaired) electrons. The topological polar surface area (TPSA) is 118 Å². The lowest BCUT2D eigenvalue weighted by Gasteiger charge is -2.11. The third kappa shape index (κ3) is 3.68.